The van der Waals surface area contributed by atoms with Crippen molar-refractivity contribution < 1.29 is 13.2 Å². The molecule has 2 atom stereocenters. The molecule has 0 aromatic heterocycles. The second-order valence-electron chi connectivity index (χ2n) is 6.55. The van der Waals surface area contributed by atoms with Crippen molar-refractivity contribution in [1.29, 1.82) is 0 Å². The Morgan fingerprint density at radius 1 is 1.44 bits per heavy atom. The Balaban J connectivity index is 1.95. The van der Waals surface area contributed by atoms with Crippen LogP contribution in [-0.4, -0.2) is 40.5 Å². The molecule has 8 heteroatoms. The fraction of sp³-hybridized carbons (Fsp3) is 0.588. The van der Waals surface area contributed by atoms with E-state index in [0.717, 1.165) is 25.9 Å². The zero-order chi connectivity index (χ0) is 18.3. The first-order chi connectivity index (χ1) is 11.9. The SMILES string of the molecule is CC(CC(=O)Nc1cccc(S(=O)(=O)NCCN)c1)C1CCCNC1. The standard InChI is InChI=1S/C17H28N4O3S/c1-13(14-4-3-8-19-12-14)10-17(22)21-15-5-2-6-16(11-15)25(23,24)20-9-7-18/h2,5-6,11,13-14,19-20H,3-4,7-10,12,18H2,1H3,(H,21,22). The number of nitrogens with two attached hydrogens (primary N) is 1. The van der Waals surface area contributed by atoms with Crippen LogP contribution in [0, 0.1) is 11.8 Å². The van der Waals surface area contributed by atoms with Crippen LogP contribution in [0.5, 0.6) is 0 Å². The van der Waals surface area contributed by atoms with Crippen LogP contribution in [0.3, 0.4) is 0 Å². The molecule has 0 saturated carbocycles. The van der Waals surface area contributed by atoms with Gasteiger partial charge in [-0.1, -0.05) is 13.0 Å². The molecule has 1 aliphatic rings. The number of rotatable bonds is 8. The van der Waals surface area contributed by atoms with Crippen molar-refractivity contribution in [1.82, 2.24) is 10.0 Å². The molecule has 2 unspecified atom stereocenters. The topological polar surface area (TPSA) is 113 Å². The molecule has 2 rings (SSSR count). The van der Waals surface area contributed by atoms with Crippen molar-refractivity contribution in [3.05, 3.63) is 24.3 Å². The summed E-state index contributed by atoms with van der Waals surface area (Å²) in [4.78, 5) is 12.4. The number of sulfonamides is 1. The minimum absolute atomic E-state index is 0.0949. The van der Waals surface area contributed by atoms with Crippen LogP contribution in [0.2, 0.25) is 0 Å². The number of carbonyl (C=O) groups excluding carboxylic acids is 1. The Labute approximate surface area is 149 Å². The first-order valence-corrected chi connectivity index (χ1v) is 10.2. The van der Waals surface area contributed by atoms with Crippen LogP contribution in [0.1, 0.15) is 26.2 Å². The van der Waals surface area contributed by atoms with Crippen molar-refractivity contribution in [3.8, 4) is 0 Å². The minimum atomic E-state index is -3.61. The lowest BCUT2D eigenvalue weighted by atomic mass is 9.85. The fourth-order valence-electron chi connectivity index (χ4n) is 3.05. The van der Waals surface area contributed by atoms with E-state index in [9.17, 15) is 13.2 Å². The van der Waals surface area contributed by atoms with E-state index < -0.39 is 10.0 Å². The lowest BCUT2D eigenvalue weighted by molar-refractivity contribution is -0.117. The van der Waals surface area contributed by atoms with Gasteiger partial charge < -0.3 is 16.4 Å². The molecule has 0 bridgehead atoms. The van der Waals surface area contributed by atoms with E-state index in [0.29, 0.717) is 18.0 Å². The molecule has 25 heavy (non-hydrogen) atoms. The summed E-state index contributed by atoms with van der Waals surface area (Å²) in [5.74, 6) is 0.695. The van der Waals surface area contributed by atoms with E-state index >= 15 is 0 Å². The predicted molar refractivity (Wildman–Crippen MR) is 98.7 cm³/mol. The average Bonchev–Trinajstić information content (AvgIpc) is 2.61. The molecule has 1 aromatic carbocycles. The summed E-state index contributed by atoms with van der Waals surface area (Å²) in [7, 11) is -3.61. The molecule has 0 radical (unpaired) electrons. The molecule has 0 spiro atoms. The molecular weight excluding hydrogens is 340 g/mol. The van der Waals surface area contributed by atoms with E-state index in [1.165, 1.54) is 12.1 Å². The van der Waals surface area contributed by atoms with Crippen molar-refractivity contribution in [2.75, 3.05) is 31.5 Å². The van der Waals surface area contributed by atoms with Gasteiger partial charge >= 0.3 is 0 Å². The van der Waals surface area contributed by atoms with E-state index in [1.807, 2.05) is 0 Å². The van der Waals surface area contributed by atoms with Crippen LogP contribution in [0.4, 0.5) is 5.69 Å². The Morgan fingerprint density at radius 3 is 2.92 bits per heavy atom. The van der Waals surface area contributed by atoms with Gasteiger partial charge in [0.1, 0.15) is 0 Å². The quantitative estimate of drug-likeness (QED) is 0.544. The highest BCUT2D eigenvalue weighted by atomic mass is 32.2. The normalized spacial score (nSPS) is 19.4. The van der Waals surface area contributed by atoms with Gasteiger partial charge in [0.2, 0.25) is 15.9 Å². The molecule has 1 heterocycles. The smallest absolute Gasteiger partial charge is 0.240 e. The number of hydrogen-bond donors (Lipinski definition) is 4. The maximum absolute atomic E-state index is 12.3. The van der Waals surface area contributed by atoms with Crippen LogP contribution in [0.15, 0.2) is 29.2 Å². The fourth-order valence-corrected chi connectivity index (χ4v) is 4.15. The first-order valence-electron chi connectivity index (χ1n) is 8.72. The van der Waals surface area contributed by atoms with Gasteiger partial charge in [-0.2, -0.15) is 0 Å². The van der Waals surface area contributed by atoms with E-state index in [4.69, 9.17) is 5.73 Å². The molecule has 1 aromatic rings. The Morgan fingerprint density at radius 2 is 2.24 bits per heavy atom. The molecule has 0 aliphatic carbocycles. The number of nitrogens with one attached hydrogen (secondary N) is 3. The van der Waals surface area contributed by atoms with Gasteiger partial charge in [0.25, 0.3) is 0 Å². The number of hydrogen-bond acceptors (Lipinski definition) is 5. The molecule has 1 saturated heterocycles. The molecule has 1 amide bonds. The average molecular weight is 369 g/mol. The number of benzene rings is 1. The molecule has 1 fully saturated rings. The third kappa shape index (κ3) is 6.07. The van der Waals surface area contributed by atoms with E-state index in [-0.39, 0.29) is 29.8 Å². The molecule has 1 aliphatic heterocycles. The Kier molecular flexibility index (Phi) is 7.37. The van der Waals surface area contributed by atoms with Crippen molar-refractivity contribution in [3.63, 3.8) is 0 Å². The van der Waals surface area contributed by atoms with Crippen LogP contribution in [0.25, 0.3) is 0 Å². The van der Waals surface area contributed by atoms with Gasteiger partial charge in [-0.05, 0) is 56.0 Å². The molecule has 5 N–H and O–H groups in total. The van der Waals surface area contributed by atoms with Gasteiger partial charge in [0.05, 0.1) is 4.90 Å². The van der Waals surface area contributed by atoms with Crippen LogP contribution in [-0.2, 0) is 14.8 Å². The Hall–Kier alpha value is -1.48. The summed E-state index contributed by atoms with van der Waals surface area (Å²) < 4.78 is 26.7. The van der Waals surface area contributed by atoms with Gasteiger partial charge in [-0.25, -0.2) is 13.1 Å². The molecular formula is C17H28N4O3S. The molecule has 140 valence electrons. The summed E-state index contributed by atoms with van der Waals surface area (Å²) >= 11 is 0. The second-order valence-corrected chi connectivity index (χ2v) is 8.32. The summed E-state index contributed by atoms with van der Waals surface area (Å²) in [6.45, 7) is 4.49. The van der Waals surface area contributed by atoms with E-state index in [1.54, 1.807) is 12.1 Å². The predicted octanol–water partition coefficient (Wildman–Crippen LogP) is 0.888. The van der Waals surface area contributed by atoms with Gasteiger partial charge in [-0.15, -0.1) is 0 Å². The van der Waals surface area contributed by atoms with Gasteiger partial charge in [0.15, 0.2) is 0 Å². The van der Waals surface area contributed by atoms with Crippen molar-refractivity contribution in [2.45, 2.75) is 31.1 Å². The molecule has 7 nitrogen and oxygen atoms in total. The number of carbonyl (C=O) groups is 1. The zero-order valence-electron chi connectivity index (χ0n) is 14.6. The lowest BCUT2D eigenvalue weighted by Gasteiger charge is -2.28. The maximum atomic E-state index is 12.3. The van der Waals surface area contributed by atoms with Gasteiger partial charge in [-0.3, -0.25) is 4.79 Å². The second kappa shape index (κ2) is 9.28. The minimum Gasteiger partial charge on any atom is -0.329 e. The monoisotopic (exact) mass is 368 g/mol. The summed E-state index contributed by atoms with van der Waals surface area (Å²) in [5.41, 5.74) is 5.81. The third-order valence-corrected chi connectivity index (χ3v) is 5.97. The van der Waals surface area contributed by atoms with E-state index in [2.05, 4.69) is 22.3 Å². The number of piperidine rings is 1. The summed E-state index contributed by atoms with van der Waals surface area (Å²) in [5, 5.41) is 6.17. The number of anilines is 1. The lowest BCUT2D eigenvalue weighted by Crippen LogP contribution is -2.34. The highest BCUT2D eigenvalue weighted by Crippen LogP contribution is 2.23. The van der Waals surface area contributed by atoms with Crippen LogP contribution >= 0.6 is 0 Å². The van der Waals surface area contributed by atoms with Crippen molar-refractivity contribution in [2.24, 2.45) is 17.6 Å². The summed E-state index contributed by atoms with van der Waals surface area (Å²) in [6.07, 6.45) is 2.71. The number of amides is 1. The van der Waals surface area contributed by atoms with Crippen LogP contribution < -0.4 is 21.1 Å². The Bertz CT molecular complexity index is 672. The van der Waals surface area contributed by atoms with Gasteiger partial charge in [0, 0.05) is 25.2 Å². The highest BCUT2D eigenvalue weighted by molar-refractivity contribution is 7.89. The largest absolute Gasteiger partial charge is 0.329 e. The summed E-state index contributed by atoms with van der Waals surface area (Å²) in [6, 6.07) is 6.25. The maximum Gasteiger partial charge on any atom is 0.240 e. The van der Waals surface area contributed by atoms with Crippen molar-refractivity contribution >= 4 is 21.6 Å². The zero-order valence-corrected chi connectivity index (χ0v) is 15.4. The highest BCUT2D eigenvalue weighted by Gasteiger charge is 2.22. The first kappa shape index (κ1) is 19.8. The third-order valence-electron chi connectivity index (χ3n) is 4.51.